The molecule has 0 spiro atoms. The number of primary amides is 1. The highest BCUT2D eigenvalue weighted by Crippen LogP contribution is 1.92. The predicted molar refractivity (Wildman–Crippen MR) is 80.3 cm³/mol. The molecule has 0 aliphatic heterocycles. The fourth-order valence-corrected chi connectivity index (χ4v) is 1.96. The van der Waals surface area contributed by atoms with E-state index in [1.165, 1.54) is 6.21 Å². The van der Waals surface area contributed by atoms with Crippen LogP contribution in [0.25, 0.3) is 0 Å². The first kappa shape index (κ1) is 21.9. The highest BCUT2D eigenvalue weighted by molar-refractivity contribution is 5.92. The van der Waals surface area contributed by atoms with Crippen LogP contribution in [0.3, 0.4) is 0 Å². The van der Waals surface area contributed by atoms with Gasteiger partial charge >= 0.3 is 0 Å². The number of nitrogens with zero attached hydrogens (tertiary/aromatic N) is 3. The second-order valence-electron chi connectivity index (χ2n) is 4.64. The molecule has 0 aliphatic carbocycles. The van der Waals surface area contributed by atoms with Crippen LogP contribution in [0, 0.1) is 0 Å². The zero-order valence-corrected chi connectivity index (χ0v) is 16.0. The van der Waals surface area contributed by atoms with E-state index in [1.807, 2.05) is 58.1 Å². The van der Waals surface area contributed by atoms with Crippen LogP contribution in [-0.2, 0) is 13.1 Å². The number of aromatic nitrogens is 2. The third kappa shape index (κ3) is 6.59. The molecule has 0 atom stereocenters. The van der Waals surface area contributed by atoms with Gasteiger partial charge in [0, 0.05) is 24.3 Å². The lowest BCUT2D eigenvalue weighted by atomic mass is 10.2. The average molecular weight is 458 g/mol. The number of nitrogens with two attached hydrogens (primary N) is 1. The van der Waals surface area contributed by atoms with Gasteiger partial charge in [-0.25, -0.2) is 4.57 Å². The van der Waals surface area contributed by atoms with E-state index in [1.54, 1.807) is 12.1 Å². The van der Waals surface area contributed by atoms with E-state index < -0.39 is 5.91 Å². The summed E-state index contributed by atoms with van der Waals surface area (Å²) in [6.45, 7) is 1.36. The number of halogens is 2. The Morgan fingerprint density at radius 3 is 2.38 bits per heavy atom. The van der Waals surface area contributed by atoms with E-state index in [0.717, 1.165) is 5.69 Å². The molecule has 2 aromatic heterocycles. The SMILES string of the molecule is NC(=O)c1cc[n+](C/C=C/C[n+]2ccccc2/C=N\O)cc1.[Br-].[Br-]. The summed E-state index contributed by atoms with van der Waals surface area (Å²) in [5.41, 5.74) is 6.50. The van der Waals surface area contributed by atoms with Crippen molar-refractivity contribution in [2.75, 3.05) is 0 Å². The minimum absolute atomic E-state index is 0. The van der Waals surface area contributed by atoms with Gasteiger partial charge in [0.1, 0.15) is 6.21 Å². The van der Waals surface area contributed by atoms with Crippen molar-refractivity contribution in [2.45, 2.75) is 13.1 Å². The maximum absolute atomic E-state index is 11.0. The van der Waals surface area contributed by atoms with Crippen LogP contribution < -0.4 is 48.8 Å². The van der Waals surface area contributed by atoms with Crippen molar-refractivity contribution in [3.8, 4) is 0 Å². The lowest BCUT2D eigenvalue weighted by Gasteiger charge is -1.96. The Labute approximate surface area is 161 Å². The Bertz CT molecular complexity index is 703. The van der Waals surface area contributed by atoms with Gasteiger partial charge in [-0.3, -0.25) is 4.79 Å². The molecular formula is C16H18Br2N4O2. The molecule has 0 aliphatic rings. The number of amides is 1. The third-order valence-electron chi connectivity index (χ3n) is 3.13. The molecule has 0 saturated heterocycles. The van der Waals surface area contributed by atoms with E-state index in [9.17, 15) is 4.79 Å². The standard InChI is InChI=1S/C16H16N4O2.2BrH/c17-16(21)14-6-11-19(12-7-14)8-3-4-10-20-9-2-1-5-15(20)13-18-22;;/h1-7,9,11-13H,8,10H2,(H-,17,21);2*1H/b4-3+;;. The van der Waals surface area contributed by atoms with Crippen LogP contribution in [0.4, 0.5) is 0 Å². The van der Waals surface area contributed by atoms with Crippen molar-refractivity contribution in [3.63, 3.8) is 0 Å². The Hall–Kier alpha value is -2.06. The summed E-state index contributed by atoms with van der Waals surface area (Å²) in [5.74, 6) is -0.429. The monoisotopic (exact) mass is 456 g/mol. The summed E-state index contributed by atoms with van der Waals surface area (Å²) in [6, 6.07) is 9.05. The number of hydrogen-bond acceptors (Lipinski definition) is 3. The van der Waals surface area contributed by atoms with Crippen molar-refractivity contribution >= 4 is 12.1 Å². The first-order valence-corrected chi connectivity index (χ1v) is 6.80. The lowest BCUT2D eigenvalue weighted by Crippen LogP contribution is -3.00. The van der Waals surface area contributed by atoms with Gasteiger partial charge in [-0.05, 0) is 18.2 Å². The summed E-state index contributed by atoms with van der Waals surface area (Å²) in [5, 5.41) is 11.7. The van der Waals surface area contributed by atoms with Gasteiger partial charge in [-0.15, -0.1) is 0 Å². The molecule has 0 radical (unpaired) electrons. The molecule has 6 nitrogen and oxygen atoms in total. The van der Waals surface area contributed by atoms with E-state index in [2.05, 4.69) is 5.16 Å². The van der Waals surface area contributed by atoms with Crippen LogP contribution in [-0.4, -0.2) is 17.3 Å². The highest BCUT2D eigenvalue weighted by Gasteiger charge is 2.05. The van der Waals surface area contributed by atoms with Crippen LogP contribution >= 0.6 is 0 Å². The molecule has 8 heteroatoms. The number of carbonyl (C=O) groups excluding carboxylic acids is 1. The molecule has 2 aromatic rings. The van der Waals surface area contributed by atoms with Crippen LogP contribution in [0.15, 0.2) is 66.2 Å². The minimum Gasteiger partial charge on any atom is -1.00 e. The zero-order valence-electron chi connectivity index (χ0n) is 12.8. The number of pyridine rings is 2. The Morgan fingerprint density at radius 2 is 1.75 bits per heavy atom. The van der Waals surface area contributed by atoms with Gasteiger partial charge < -0.3 is 44.9 Å². The predicted octanol–water partition coefficient (Wildman–Crippen LogP) is -5.57. The van der Waals surface area contributed by atoms with Gasteiger partial charge in [-0.1, -0.05) is 5.16 Å². The zero-order chi connectivity index (χ0) is 15.8. The summed E-state index contributed by atoms with van der Waals surface area (Å²) < 4.78 is 3.89. The first-order valence-electron chi connectivity index (χ1n) is 6.80. The van der Waals surface area contributed by atoms with Crippen molar-refractivity contribution < 1.29 is 53.1 Å². The second kappa shape index (κ2) is 11.5. The van der Waals surface area contributed by atoms with Crippen LogP contribution in [0.2, 0.25) is 0 Å². The van der Waals surface area contributed by atoms with Crippen LogP contribution in [0.5, 0.6) is 0 Å². The van der Waals surface area contributed by atoms with Gasteiger partial charge in [0.05, 0.1) is 5.56 Å². The summed E-state index contributed by atoms with van der Waals surface area (Å²) in [4.78, 5) is 11.0. The van der Waals surface area contributed by atoms with Crippen molar-refractivity contribution in [2.24, 2.45) is 10.9 Å². The van der Waals surface area contributed by atoms with Gasteiger partial charge in [-0.2, -0.15) is 4.57 Å². The summed E-state index contributed by atoms with van der Waals surface area (Å²) in [7, 11) is 0. The maximum Gasteiger partial charge on any atom is 0.249 e. The van der Waals surface area contributed by atoms with Crippen molar-refractivity contribution in [1.29, 1.82) is 0 Å². The topological polar surface area (TPSA) is 83.4 Å². The second-order valence-corrected chi connectivity index (χ2v) is 4.64. The van der Waals surface area contributed by atoms with Crippen LogP contribution in [0.1, 0.15) is 16.1 Å². The largest absolute Gasteiger partial charge is 1.00 e. The fraction of sp³-hybridized carbons (Fsp3) is 0.125. The molecule has 2 heterocycles. The number of oxime groups is 1. The van der Waals surface area contributed by atoms with Gasteiger partial charge in [0.2, 0.25) is 11.6 Å². The number of allylic oxidation sites excluding steroid dienone is 2. The molecule has 0 fully saturated rings. The fourth-order valence-electron chi connectivity index (χ4n) is 1.96. The smallest absolute Gasteiger partial charge is 0.249 e. The number of rotatable bonds is 6. The molecule has 3 N–H and O–H groups in total. The molecule has 0 saturated carbocycles. The van der Waals surface area contributed by atoms with Crippen molar-refractivity contribution in [3.05, 3.63) is 72.3 Å². The number of hydrogen-bond donors (Lipinski definition) is 2. The summed E-state index contributed by atoms with van der Waals surface area (Å²) in [6.07, 6.45) is 11.0. The minimum atomic E-state index is -0.429. The molecular weight excluding hydrogens is 440 g/mol. The molecule has 128 valence electrons. The highest BCUT2D eigenvalue weighted by atomic mass is 79.9. The average Bonchev–Trinajstić information content (AvgIpc) is 2.53. The Morgan fingerprint density at radius 1 is 1.08 bits per heavy atom. The third-order valence-corrected chi connectivity index (χ3v) is 3.13. The first-order chi connectivity index (χ1) is 10.7. The van der Waals surface area contributed by atoms with E-state index in [4.69, 9.17) is 10.9 Å². The molecule has 0 aromatic carbocycles. The van der Waals surface area contributed by atoms with E-state index in [-0.39, 0.29) is 34.0 Å². The number of carbonyl (C=O) groups is 1. The molecule has 2 rings (SSSR count). The summed E-state index contributed by atoms with van der Waals surface area (Å²) >= 11 is 0. The van der Waals surface area contributed by atoms with Gasteiger partial charge in [0.15, 0.2) is 31.7 Å². The van der Waals surface area contributed by atoms with Crippen molar-refractivity contribution in [1.82, 2.24) is 0 Å². The molecule has 0 unspecified atom stereocenters. The lowest BCUT2D eigenvalue weighted by molar-refractivity contribution is -0.691. The van der Waals surface area contributed by atoms with E-state index in [0.29, 0.717) is 18.7 Å². The Kier molecular flexibility index (Phi) is 10.5. The molecule has 24 heavy (non-hydrogen) atoms. The maximum atomic E-state index is 11.0. The molecule has 0 bridgehead atoms. The normalized spacial score (nSPS) is 10.3. The molecule has 1 amide bonds. The quantitative estimate of drug-likeness (QED) is 0.149. The van der Waals surface area contributed by atoms with Gasteiger partial charge in [0.25, 0.3) is 0 Å². The van der Waals surface area contributed by atoms with E-state index >= 15 is 0 Å². The Balaban J connectivity index is 0.00000264.